The van der Waals surface area contributed by atoms with E-state index in [2.05, 4.69) is 15.8 Å². The molecule has 12 heavy (non-hydrogen) atoms. The van der Waals surface area contributed by atoms with Gasteiger partial charge in [-0.3, -0.25) is 4.79 Å². The van der Waals surface area contributed by atoms with Crippen molar-refractivity contribution < 1.29 is 14.3 Å². The second kappa shape index (κ2) is 6.45. The number of carbonyl (C=O) groups is 2. The lowest BCUT2D eigenvalue weighted by Crippen LogP contribution is -2.30. The average molecular weight is 174 g/mol. The van der Waals surface area contributed by atoms with E-state index in [1.165, 1.54) is 0 Å². The Morgan fingerprint density at radius 3 is 2.67 bits per heavy atom. The predicted molar refractivity (Wildman–Crippen MR) is 43.5 cm³/mol. The second-order valence-electron chi connectivity index (χ2n) is 2.31. The van der Waals surface area contributed by atoms with Crippen LogP contribution >= 0.6 is 0 Å². The Morgan fingerprint density at radius 1 is 1.50 bits per heavy atom. The van der Waals surface area contributed by atoms with Gasteiger partial charge in [0.25, 0.3) is 5.91 Å². The van der Waals surface area contributed by atoms with Gasteiger partial charge in [-0.15, -0.1) is 0 Å². The number of nitrogens with one attached hydrogen (secondary N) is 1. The number of carbonyl (C=O) groups excluding carboxylic acids is 2. The molecule has 0 heterocycles. The molecule has 0 saturated heterocycles. The topological polar surface area (TPSA) is 81.4 Å². The molecule has 0 fully saturated rings. The molecule has 0 rings (SSSR count). The van der Waals surface area contributed by atoms with Crippen LogP contribution in [0.2, 0.25) is 0 Å². The zero-order valence-electron chi connectivity index (χ0n) is 7.13. The molecule has 0 unspecified atom stereocenters. The van der Waals surface area contributed by atoms with Crippen LogP contribution in [0.15, 0.2) is 0 Å². The molecule has 3 N–H and O–H groups in total. The quantitative estimate of drug-likeness (QED) is 0.575. The van der Waals surface area contributed by atoms with Gasteiger partial charge in [0.1, 0.15) is 0 Å². The first-order valence-electron chi connectivity index (χ1n) is 3.85. The molecule has 0 aliphatic carbocycles. The molecule has 0 bridgehead atoms. The number of unbranched alkanes of at least 4 members (excludes halogenated alkanes) is 1. The zero-order valence-corrected chi connectivity index (χ0v) is 7.13. The molecule has 0 radical (unpaired) electrons. The maximum absolute atomic E-state index is 10.8. The van der Waals surface area contributed by atoms with Crippen molar-refractivity contribution in [3.05, 3.63) is 0 Å². The van der Waals surface area contributed by atoms with Crippen LogP contribution in [0.4, 0.5) is 4.79 Å². The van der Waals surface area contributed by atoms with Gasteiger partial charge in [0.05, 0.1) is 0 Å². The van der Waals surface area contributed by atoms with E-state index < -0.39 is 6.09 Å². The van der Waals surface area contributed by atoms with Gasteiger partial charge < -0.3 is 15.8 Å². The fourth-order valence-electron chi connectivity index (χ4n) is 0.592. The summed E-state index contributed by atoms with van der Waals surface area (Å²) in [5.74, 6) is -0.317. The molecule has 0 spiro atoms. The van der Waals surface area contributed by atoms with Crippen molar-refractivity contribution in [2.45, 2.75) is 19.8 Å². The lowest BCUT2D eigenvalue weighted by Gasteiger charge is -2.03. The van der Waals surface area contributed by atoms with E-state index in [0.717, 1.165) is 12.8 Å². The Bertz CT molecular complexity index is 159. The Labute approximate surface area is 71.3 Å². The zero-order chi connectivity index (χ0) is 9.40. The summed E-state index contributed by atoms with van der Waals surface area (Å²) in [6.07, 6.45) is 1.000. The highest BCUT2D eigenvalue weighted by atomic mass is 16.5. The first-order chi connectivity index (χ1) is 5.66. The lowest BCUT2D eigenvalue weighted by atomic mass is 10.3. The molecule has 70 valence electrons. The lowest BCUT2D eigenvalue weighted by molar-refractivity contribution is -0.123. The molecule has 0 aromatic heterocycles. The highest BCUT2D eigenvalue weighted by Gasteiger charge is 2.01. The van der Waals surface area contributed by atoms with Gasteiger partial charge in [-0.25, -0.2) is 4.79 Å². The third kappa shape index (κ3) is 6.85. The van der Waals surface area contributed by atoms with Gasteiger partial charge in [0.15, 0.2) is 6.61 Å². The summed E-state index contributed by atoms with van der Waals surface area (Å²) in [6, 6.07) is 0. The van der Waals surface area contributed by atoms with Crippen LogP contribution in [0.5, 0.6) is 0 Å². The van der Waals surface area contributed by atoms with Crippen molar-refractivity contribution >= 4 is 12.0 Å². The molecule has 0 atom stereocenters. The number of amides is 2. The van der Waals surface area contributed by atoms with Crippen LogP contribution in [-0.4, -0.2) is 25.2 Å². The van der Waals surface area contributed by atoms with Gasteiger partial charge in [0.2, 0.25) is 0 Å². The predicted octanol–water partition coefficient (Wildman–Crippen LogP) is -0.00200. The van der Waals surface area contributed by atoms with Crippen LogP contribution in [0.25, 0.3) is 0 Å². The standard InChI is InChI=1S/C7H14N2O3/c1-2-3-4-9-6(10)5-12-7(8)11/h2-5H2,1H3,(H2,8,11)(H,9,10). The first kappa shape index (κ1) is 10.7. The molecule has 2 amide bonds. The SMILES string of the molecule is CCCCNC(=O)COC(N)=O. The highest BCUT2D eigenvalue weighted by Crippen LogP contribution is 1.82. The smallest absolute Gasteiger partial charge is 0.405 e. The molecule has 0 aromatic rings. The van der Waals surface area contributed by atoms with Gasteiger partial charge in [-0.05, 0) is 6.42 Å². The Morgan fingerprint density at radius 2 is 2.17 bits per heavy atom. The molecule has 0 aliphatic rings. The van der Waals surface area contributed by atoms with Crippen LogP contribution in [0.1, 0.15) is 19.8 Å². The Kier molecular flexibility index (Phi) is 5.77. The van der Waals surface area contributed by atoms with E-state index in [1.54, 1.807) is 0 Å². The van der Waals surface area contributed by atoms with Gasteiger partial charge in [-0.2, -0.15) is 0 Å². The van der Waals surface area contributed by atoms with Gasteiger partial charge in [-0.1, -0.05) is 13.3 Å². The molecule has 0 aromatic carbocycles. The first-order valence-corrected chi connectivity index (χ1v) is 3.85. The molecule has 5 heteroatoms. The fraction of sp³-hybridized carbons (Fsp3) is 0.714. The maximum Gasteiger partial charge on any atom is 0.405 e. The normalized spacial score (nSPS) is 9.08. The van der Waals surface area contributed by atoms with Crippen molar-refractivity contribution in [3.63, 3.8) is 0 Å². The van der Waals surface area contributed by atoms with Crippen molar-refractivity contribution in [3.8, 4) is 0 Å². The Balaban J connectivity index is 3.28. The van der Waals surface area contributed by atoms with E-state index >= 15 is 0 Å². The van der Waals surface area contributed by atoms with E-state index in [4.69, 9.17) is 0 Å². The van der Waals surface area contributed by atoms with Crippen molar-refractivity contribution in [2.24, 2.45) is 5.73 Å². The number of hydrogen-bond donors (Lipinski definition) is 2. The summed E-state index contributed by atoms with van der Waals surface area (Å²) in [7, 11) is 0. The third-order valence-electron chi connectivity index (χ3n) is 1.20. The second-order valence-corrected chi connectivity index (χ2v) is 2.31. The fourth-order valence-corrected chi connectivity index (χ4v) is 0.592. The molecular weight excluding hydrogens is 160 g/mol. The molecule has 0 saturated carbocycles. The minimum absolute atomic E-state index is 0.293. The minimum Gasteiger partial charge on any atom is -0.440 e. The summed E-state index contributed by atoms with van der Waals surface area (Å²) in [5.41, 5.74) is 4.65. The number of nitrogens with two attached hydrogens (primary N) is 1. The molecule has 0 aliphatic heterocycles. The molecular formula is C7H14N2O3. The number of ether oxygens (including phenoxy) is 1. The maximum atomic E-state index is 10.8. The minimum atomic E-state index is -0.930. The summed E-state index contributed by atoms with van der Waals surface area (Å²) in [4.78, 5) is 20.8. The average Bonchev–Trinajstić information content (AvgIpc) is 2.01. The van der Waals surface area contributed by atoms with Gasteiger partial charge in [0, 0.05) is 6.54 Å². The molecule has 5 nitrogen and oxygen atoms in total. The van der Waals surface area contributed by atoms with Crippen LogP contribution in [-0.2, 0) is 9.53 Å². The number of rotatable bonds is 5. The largest absolute Gasteiger partial charge is 0.440 e. The van der Waals surface area contributed by atoms with Crippen molar-refractivity contribution in [2.75, 3.05) is 13.2 Å². The summed E-state index contributed by atoms with van der Waals surface area (Å²) >= 11 is 0. The summed E-state index contributed by atoms with van der Waals surface area (Å²) in [5, 5.41) is 2.57. The van der Waals surface area contributed by atoms with Crippen molar-refractivity contribution in [1.82, 2.24) is 5.32 Å². The Hall–Kier alpha value is -1.26. The van der Waals surface area contributed by atoms with E-state index in [1.807, 2.05) is 6.92 Å². The highest BCUT2D eigenvalue weighted by molar-refractivity contribution is 5.79. The van der Waals surface area contributed by atoms with Crippen LogP contribution in [0, 0.1) is 0 Å². The van der Waals surface area contributed by atoms with Crippen molar-refractivity contribution in [1.29, 1.82) is 0 Å². The number of hydrogen-bond acceptors (Lipinski definition) is 3. The summed E-state index contributed by atoms with van der Waals surface area (Å²) in [6.45, 7) is 2.34. The number of primary amides is 1. The van der Waals surface area contributed by atoms with Crippen LogP contribution in [0.3, 0.4) is 0 Å². The van der Waals surface area contributed by atoms with E-state index in [0.29, 0.717) is 6.54 Å². The summed E-state index contributed by atoms with van der Waals surface area (Å²) < 4.78 is 4.26. The van der Waals surface area contributed by atoms with E-state index in [-0.39, 0.29) is 12.5 Å². The third-order valence-corrected chi connectivity index (χ3v) is 1.20. The van der Waals surface area contributed by atoms with E-state index in [9.17, 15) is 9.59 Å². The van der Waals surface area contributed by atoms with Crippen LogP contribution < -0.4 is 11.1 Å². The van der Waals surface area contributed by atoms with Gasteiger partial charge >= 0.3 is 6.09 Å². The monoisotopic (exact) mass is 174 g/mol.